The van der Waals surface area contributed by atoms with Crippen LogP contribution >= 0.6 is 34.7 Å². The summed E-state index contributed by atoms with van der Waals surface area (Å²) in [6.45, 7) is 3.19. The molecule has 0 spiro atoms. The summed E-state index contributed by atoms with van der Waals surface area (Å²) in [4.78, 5) is 4.74. The molecule has 1 aliphatic carbocycles. The van der Waals surface area contributed by atoms with Gasteiger partial charge >= 0.3 is 0 Å². The molecule has 1 aromatic carbocycles. The van der Waals surface area contributed by atoms with E-state index in [4.69, 9.17) is 16.6 Å². The van der Waals surface area contributed by atoms with Crippen LogP contribution < -0.4 is 0 Å². The van der Waals surface area contributed by atoms with Crippen molar-refractivity contribution in [3.05, 3.63) is 46.2 Å². The highest BCUT2D eigenvalue weighted by molar-refractivity contribution is 7.98. The minimum absolute atomic E-state index is 0.625. The fourth-order valence-electron chi connectivity index (χ4n) is 2.75. The lowest BCUT2D eigenvalue weighted by Gasteiger charge is -2.07. The van der Waals surface area contributed by atoms with Crippen LogP contribution in [0.15, 0.2) is 34.8 Å². The van der Waals surface area contributed by atoms with Gasteiger partial charge in [-0.2, -0.15) is 0 Å². The van der Waals surface area contributed by atoms with E-state index >= 15 is 0 Å². The van der Waals surface area contributed by atoms with Crippen molar-refractivity contribution < 1.29 is 0 Å². The van der Waals surface area contributed by atoms with Crippen LogP contribution in [0, 0.1) is 0 Å². The summed E-state index contributed by atoms with van der Waals surface area (Å²) in [6.07, 6.45) is 3.60. The van der Waals surface area contributed by atoms with Crippen LogP contribution in [-0.4, -0.2) is 19.7 Å². The number of thiazole rings is 1. The number of thioether (sulfide) groups is 1. The van der Waals surface area contributed by atoms with Crippen LogP contribution in [0.4, 0.5) is 0 Å². The van der Waals surface area contributed by atoms with Gasteiger partial charge in [0.25, 0.3) is 0 Å². The summed E-state index contributed by atoms with van der Waals surface area (Å²) in [5, 5.41) is 13.7. The lowest BCUT2D eigenvalue weighted by atomic mass is 10.2. The Morgan fingerprint density at radius 2 is 2.12 bits per heavy atom. The molecular weight excluding hydrogens is 372 g/mol. The van der Waals surface area contributed by atoms with Gasteiger partial charge in [0.15, 0.2) is 5.16 Å². The Kier molecular flexibility index (Phi) is 5.10. The summed E-state index contributed by atoms with van der Waals surface area (Å²) >= 11 is 9.63. The minimum atomic E-state index is 0.625. The zero-order chi connectivity index (χ0) is 17.2. The third kappa shape index (κ3) is 3.76. The normalized spacial score (nSPS) is 14.2. The second kappa shape index (κ2) is 7.48. The quantitative estimate of drug-likeness (QED) is 0.490. The Labute approximate surface area is 160 Å². The largest absolute Gasteiger partial charge is 0.306 e. The van der Waals surface area contributed by atoms with Gasteiger partial charge in [-0.15, -0.1) is 21.5 Å². The van der Waals surface area contributed by atoms with Crippen LogP contribution in [0.5, 0.6) is 0 Å². The van der Waals surface area contributed by atoms with Crippen LogP contribution in [0.2, 0.25) is 5.02 Å². The Bertz CT molecular complexity index is 870. The van der Waals surface area contributed by atoms with Gasteiger partial charge in [0.05, 0.1) is 10.7 Å². The first-order valence-corrected chi connectivity index (χ1v) is 10.8. The van der Waals surface area contributed by atoms with Crippen LogP contribution in [-0.2, 0) is 12.3 Å². The van der Waals surface area contributed by atoms with Gasteiger partial charge < -0.3 is 4.57 Å². The fraction of sp³-hybridized carbons (Fsp3) is 0.389. The SMILES string of the molecule is CCCn1c(SCc2csc(-c3ccccc3Cl)n2)nnc1C1CC1. The zero-order valence-electron chi connectivity index (χ0n) is 14.0. The molecule has 0 radical (unpaired) electrons. The van der Waals surface area contributed by atoms with Crippen molar-refractivity contribution in [2.45, 2.75) is 49.6 Å². The molecular formula is C18H19ClN4S2. The van der Waals surface area contributed by atoms with Gasteiger partial charge in [-0.1, -0.05) is 48.5 Å². The number of hydrogen-bond donors (Lipinski definition) is 0. The molecule has 0 bridgehead atoms. The van der Waals surface area contributed by atoms with Gasteiger partial charge in [-0.05, 0) is 25.3 Å². The lowest BCUT2D eigenvalue weighted by Crippen LogP contribution is -2.04. The van der Waals surface area contributed by atoms with E-state index in [0.717, 1.165) is 45.2 Å². The molecule has 0 unspecified atom stereocenters. The maximum atomic E-state index is 6.27. The average Bonchev–Trinajstić information content (AvgIpc) is 3.22. The predicted octanol–water partition coefficient (Wildman–Crippen LogP) is 5.63. The Hall–Kier alpha value is -1.37. The second-order valence-electron chi connectivity index (χ2n) is 6.18. The van der Waals surface area contributed by atoms with Crippen LogP contribution in [0.1, 0.15) is 43.6 Å². The molecule has 0 N–H and O–H groups in total. The highest BCUT2D eigenvalue weighted by Gasteiger charge is 2.30. The monoisotopic (exact) mass is 390 g/mol. The average molecular weight is 391 g/mol. The highest BCUT2D eigenvalue weighted by atomic mass is 35.5. The van der Waals surface area contributed by atoms with E-state index in [-0.39, 0.29) is 0 Å². The van der Waals surface area contributed by atoms with Crippen molar-refractivity contribution in [2.24, 2.45) is 0 Å². The first-order valence-electron chi connectivity index (χ1n) is 8.51. The van der Waals surface area contributed by atoms with Gasteiger partial charge in [-0.3, -0.25) is 0 Å². The van der Waals surface area contributed by atoms with E-state index in [2.05, 4.69) is 27.1 Å². The third-order valence-electron chi connectivity index (χ3n) is 4.14. The molecule has 2 heterocycles. The predicted molar refractivity (Wildman–Crippen MR) is 104 cm³/mol. The number of halogens is 1. The van der Waals surface area contributed by atoms with Gasteiger partial charge in [0.1, 0.15) is 10.8 Å². The molecule has 1 fully saturated rings. The molecule has 4 nitrogen and oxygen atoms in total. The minimum Gasteiger partial charge on any atom is -0.306 e. The van der Waals surface area contributed by atoms with Gasteiger partial charge in [0.2, 0.25) is 0 Å². The molecule has 130 valence electrons. The molecule has 0 atom stereocenters. The summed E-state index contributed by atoms with van der Waals surface area (Å²) in [6, 6.07) is 7.84. The molecule has 25 heavy (non-hydrogen) atoms. The molecule has 0 aliphatic heterocycles. The Morgan fingerprint density at radius 1 is 1.28 bits per heavy atom. The van der Waals surface area contributed by atoms with Crippen molar-refractivity contribution >= 4 is 34.7 Å². The summed E-state index contributed by atoms with van der Waals surface area (Å²) in [5.74, 6) is 2.59. The number of nitrogens with zero attached hydrogens (tertiary/aromatic N) is 4. The van der Waals surface area contributed by atoms with Crippen molar-refractivity contribution in [1.29, 1.82) is 0 Å². The van der Waals surface area contributed by atoms with Crippen molar-refractivity contribution in [1.82, 2.24) is 19.7 Å². The molecule has 0 saturated heterocycles. The van der Waals surface area contributed by atoms with Gasteiger partial charge in [0, 0.05) is 29.2 Å². The third-order valence-corrected chi connectivity index (χ3v) is 6.39. The van der Waals surface area contributed by atoms with Crippen molar-refractivity contribution in [2.75, 3.05) is 0 Å². The molecule has 1 saturated carbocycles. The van der Waals surface area contributed by atoms with E-state index in [1.807, 2.05) is 24.3 Å². The smallest absolute Gasteiger partial charge is 0.191 e. The summed E-state index contributed by atoms with van der Waals surface area (Å²) in [7, 11) is 0. The molecule has 4 rings (SSSR count). The second-order valence-corrected chi connectivity index (χ2v) is 8.39. The van der Waals surface area contributed by atoms with E-state index in [1.165, 1.54) is 18.7 Å². The number of hydrogen-bond acceptors (Lipinski definition) is 5. The first-order chi connectivity index (χ1) is 12.3. The van der Waals surface area contributed by atoms with Crippen molar-refractivity contribution in [3.8, 4) is 10.6 Å². The standard InChI is InChI=1S/C18H19ClN4S2/c1-2-9-23-16(12-7-8-12)21-22-18(23)25-11-13-10-24-17(20-13)14-5-3-4-6-15(14)19/h3-6,10,12H,2,7-9,11H2,1H3. The van der Waals surface area contributed by atoms with Crippen LogP contribution in [0.3, 0.4) is 0 Å². The highest BCUT2D eigenvalue weighted by Crippen LogP contribution is 2.40. The van der Waals surface area contributed by atoms with E-state index in [1.54, 1.807) is 23.1 Å². The first kappa shape index (κ1) is 17.1. The number of benzene rings is 1. The molecule has 0 amide bonds. The lowest BCUT2D eigenvalue weighted by molar-refractivity contribution is 0.592. The number of aromatic nitrogens is 4. The topological polar surface area (TPSA) is 43.6 Å². The zero-order valence-corrected chi connectivity index (χ0v) is 16.4. The van der Waals surface area contributed by atoms with Gasteiger partial charge in [-0.25, -0.2) is 4.98 Å². The molecule has 3 aromatic rings. The maximum Gasteiger partial charge on any atom is 0.191 e. The Morgan fingerprint density at radius 3 is 2.88 bits per heavy atom. The molecule has 2 aromatic heterocycles. The van der Waals surface area contributed by atoms with Crippen LogP contribution in [0.25, 0.3) is 10.6 Å². The fourth-order valence-corrected chi connectivity index (χ4v) is 4.86. The maximum absolute atomic E-state index is 6.27. The van der Waals surface area contributed by atoms with E-state index in [0.29, 0.717) is 5.92 Å². The van der Waals surface area contributed by atoms with E-state index < -0.39 is 0 Å². The Balaban J connectivity index is 1.48. The van der Waals surface area contributed by atoms with E-state index in [9.17, 15) is 0 Å². The van der Waals surface area contributed by atoms with Crippen molar-refractivity contribution in [3.63, 3.8) is 0 Å². The summed E-state index contributed by atoms with van der Waals surface area (Å²) < 4.78 is 2.30. The molecule has 1 aliphatic rings. The summed E-state index contributed by atoms with van der Waals surface area (Å²) in [5.41, 5.74) is 2.06. The number of rotatable bonds is 7. The molecule has 7 heteroatoms.